The molecule has 0 aromatic carbocycles. The lowest BCUT2D eigenvalue weighted by Gasteiger charge is -2.28. The molecule has 0 radical (unpaired) electrons. The van der Waals surface area contributed by atoms with E-state index in [4.69, 9.17) is 0 Å². The predicted octanol–water partition coefficient (Wildman–Crippen LogP) is 3.34. The van der Waals surface area contributed by atoms with E-state index in [9.17, 15) is 0 Å². The molecule has 1 nitrogen and oxygen atoms in total. The van der Waals surface area contributed by atoms with Crippen LogP contribution < -0.4 is 5.32 Å². The normalized spacial score (nSPS) is 33.9. The molecular weight excluding hydrogens is 170 g/mol. The molecule has 0 bridgehead atoms. The summed E-state index contributed by atoms with van der Waals surface area (Å²) in [5.74, 6) is 2.07. The van der Waals surface area contributed by atoms with Crippen molar-refractivity contribution in [1.82, 2.24) is 5.32 Å². The van der Waals surface area contributed by atoms with E-state index >= 15 is 0 Å². The first kappa shape index (κ1) is 10.5. The third-order valence-electron chi connectivity index (χ3n) is 3.99. The largest absolute Gasteiger partial charge is 0.311 e. The third kappa shape index (κ3) is 2.73. The monoisotopic (exact) mass is 195 g/mol. The van der Waals surface area contributed by atoms with Gasteiger partial charge < -0.3 is 5.32 Å². The average Bonchev–Trinajstić information content (AvgIpc) is 2.77. The third-order valence-corrected chi connectivity index (χ3v) is 3.99. The number of hydrogen-bond acceptors (Lipinski definition) is 1. The molecule has 14 heavy (non-hydrogen) atoms. The average molecular weight is 195 g/mol. The summed E-state index contributed by atoms with van der Waals surface area (Å²) in [5, 5.41) is 3.79. The van der Waals surface area contributed by atoms with Crippen molar-refractivity contribution in [2.75, 3.05) is 0 Å². The second kappa shape index (κ2) is 4.65. The molecule has 1 heteroatoms. The lowest BCUT2D eigenvalue weighted by atomic mass is 9.81. The first-order valence-electron chi connectivity index (χ1n) is 6.55. The Bertz CT molecular complexity index is 174. The maximum absolute atomic E-state index is 3.79. The molecule has 2 fully saturated rings. The number of nitrogens with one attached hydrogen (secondary N) is 1. The zero-order chi connectivity index (χ0) is 9.97. The molecule has 3 atom stereocenters. The Morgan fingerprint density at radius 1 is 1.36 bits per heavy atom. The fourth-order valence-corrected chi connectivity index (χ4v) is 2.80. The van der Waals surface area contributed by atoms with Crippen LogP contribution in [0.2, 0.25) is 0 Å². The van der Waals surface area contributed by atoms with E-state index < -0.39 is 0 Å². The van der Waals surface area contributed by atoms with Gasteiger partial charge in [-0.1, -0.05) is 32.6 Å². The molecule has 0 aromatic heterocycles. The van der Waals surface area contributed by atoms with Crippen molar-refractivity contribution in [1.29, 1.82) is 0 Å². The lowest BCUT2D eigenvalue weighted by Crippen LogP contribution is -2.32. The Hall–Kier alpha value is -0.0400. The van der Waals surface area contributed by atoms with Crippen LogP contribution in [0, 0.1) is 11.8 Å². The van der Waals surface area contributed by atoms with Crippen LogP contribution in [0.15, 0.2) is 0 Å². The van der Waals surface area contributed by atoms with Crippen LogP contribution in [0.1, 0.15) is 58.8 Å². The van der Waals surface area contributed by atoms with Crippen molar-refractivity contribution in [3.63, 3.8) is 0 Å². The van der Waals surface area contributed by atoms with Crippen molar-refractivity contribution in [3.8, 4) is 0 Å². The molecule has 2 rings (SSSR count). The second-order valence-electron chi connectivity index (χ2n) is 5.49. The van der Waals surface area contributed by atoms with Crippen LogP contribution in [0.4, 0.5) is 0 Å². The van der Waals surface area contributed by atoms with Gasteiger partial charge in [0.1, 0.15) is 0 Å². The van der Waals surface area contributed by atoms with Gasteiger partial charge in [0.2, 0.25) is 0 Å². The van der Waals surface area contributed by atoms with Gasteiger partial charge in [0.15, 0.2) is 0 Å². The number of rotatable bonds is 6. The predicted molar refractivity (Wildman–Crippen MR) is 61.4 cm³/mol. The first-order valence-corrected chi connectivity index (χ1v) is 6.55. The van der Waals surface area contributed by atoms with Gasteiger partial charge in [-0.05, 0) is 38.0 Å². The minimum atomic E-state index is 0.771. The summed E-state index contributed by atoms with van der Waals surface area (Å²) >= 11 is 0. The van der Waals surface area contributed by atoms with E-state index in [-0.39, 0.29) is 0 Å². The molecule has 82 valence electrons. The van der Waals surface area contributed by atoms with E-state index in [1.54, 1.807) is 0 Å². The maximum Gasteiger partial charge on any atom is 0.0102 e. The summed E-state index contributed by atoms with van der Waals surface area (Å²) < 4.78 is 0. The second-order valence-corrected chi connectivity index (χ2v) is 5.49. The Morgan fingerprint density at radius 2 is 2.14 bits per heavy atom. The Balaban J connectivity index is 1.56. The molecule has 3 unspecified atom stereocenters. The van der Waals surface area contributed by atoms with E-state index in [1.807, 2.05) is 0 Å². The Morgan fingerprint density at radius 3 is 2.71 bits per heavy atom. The summed E-state index contributed by atoms with van der Waals surface area (Å²) in [7, 11) is 0. The maximum atomic E-state index is 3.79. The van der Waals surface area contributed by atoms with Gasteiger partial charge in [-0.15, -0.1) is 0 Å². The van der Waals surface area contributed by atoms with E-state index in [1.165, 1.54) is 44.9 Å². The molecular formula is C13H25N. The van der Waals surface area contributed by atoms with E-state index in [2.05, 4.69) is 19.2 Å². The molecule has 0 heterocycles. The van der Waals surface area contributed by atoms with Crippen LogP contribution in [0.25, 0.3) is 0 Å². The zero-order valence-corrected chi connectivity index (χ0v) is 9.76. The minimum absolute atomic E-state index is 0.771. The topological polar surface area (TPSA) is 12.0 Å². The van der Waals surface area contributed by atoms with E-state index in [0.29, 0.717) is 0 Å². The molecule has 2 saturated carbocycles. The van der Waals surface area contributed by atoms with Crippen molar-refractivity contribution in [2.45, 2.75) is 70.9 Å². The highest BCUT2D eigenvalue weighted by molar-refractivity contribution is 4.94. The van der Waals surface area contributed by atoms with Gasteiger partial charge in [-0.3, -0.25) is 0 Å². The molecule has 0 aromatic rings. The minimum Gasteiger partial charge on any atom is -0.311 e. The highest BCUT2D eigenvalue weighted by Gasteiger charge is 2.36. The smallest absolute Gasteiger partial charge is 0.0102 e. The molecule has 2 aliphatic carbocycles. The highest BCUT2D eigenvalue weighted by atomic mass is 15.0. The van der Waals surface area contributed by atoms with Crippen LogP contribution in [-0.2, 0) is 0 Å². The highest BCUT2D eigenvalue weighted by Crippen LogP contribution is 2.36. The van der Waals surface area contributed by atoms with Crippen molar-refractivity contribution >= 4 is 0 Å². The van der Waals surface area contributed by atoms with Gasteiger partial charge in [-0.25, -0.2) is 0 Å². The fraction of sp³-hybridized carbons (Fsp3) is 1.00. The zero-order valence-electron chi connectivity index (χ0n) is 9.76. The molecule has 1 N–H and O–H groups in total. The summed E-state index contributed by atoms with van der Waals surface area (Å²) in [6, 6.07) is 1.65. The molecule has 0 saturated heterocycles. The van der Waals surface area contributed by atoms with Gasteiger partial charge in [0.25, 0.3) is 0 Å². The van der Waals surface area contributed by atoms with Crippen LogP contribution in [0.3, 0.4) is 0 Å². The van der Waals surface area contributed by atoms with Gasteiger partial charge >= 0.3 is 0 Å². The van der Waals surface area contributed by atoms with Crippen LogP contribution in [0.5, 0.6) is 0 Å². The first-order chi connectivity index (χ1) is 6.79. The van der Waals surface area contributed by atoms with Gasteiger partial charge in [0, 0.05) is 12.1 Å². The van der Waals surface area contributed by atoms with Crippen molar-refractivity contribution in [3.05, 3.63) is 0 Å². The Labute approximate surface area is 88.7 Å². The van der Waals surface area contributed by atoms with Crippen molar-refractivity contribution in [2.24, 2.45) is 11.8 Å². The van der Waals surface area contributed by atoms with Crippen LogP contribution in [-0.4, -0.2) is 12.1 Å². The molecule has 0 amide bonds. The number of hydrogen-bond donors (Lipinski definition) is 1. The van der Waals surface area contributed by atoms with Gasteiger partial charge in [-0.2, -0.15) is 0 Å². The summed E-state index contributed by atoms with van der Waals surface area (Å²) in [4.78, 5) is 0. The van der Waals surface area contributed by atoms with E-state index in [0.717, 1.165) is 23.9 Å². The quantitative estimate of drug-likeness (QED) is 0.685. The molecule has 0 spiro atoms. The molecule has 2 aliphatic rings. The Kier molecular flexibility index (Phi) is 3.48. The van der Waals surface area contributed by atoms with Crippen LogP contribution >= 0.6 is 0 Å². The SMILES string of the molecule is CCCC1CC1NC(C)CC1CCC1. The van der Waals surface area contributed by atoms with Gasteiger partial charge in [0.05, 0.1) is 0 Å². The summed E-state index contributed by atoms with van der Waals surface area (Å²) in [6.07, 6.45) is 10.1. The lowest BCUT2D eigenvalue weighted by molar-refractivity contribution is 0.264. The summed E-state index contributed by atoms with van der Waals surface area (Å²) in [6.45, 7) is 4.67. The fourth-order valence-electron chi connectivity index (χ4n) is 2.80. The molecule has 0 aliphatic heterocycles. The summed E-state index contributed by atoms with van der Waals surface area (Å²) in [5.41, 5.74) is 0. The standard InChI is InChI=1S/C13H25N/c1-3-5-12-9-13(12)14-10(2)8-11-6-4-7-11/h10-14H,3-9H2,1-2H3. The van der Waals surface area contributed by atoms with Crippen molar-refractivity contribution < 1.29 is 0 Å².